The molecule has 3 heteroatoms. The summed E-state index contributed by atoms with van der Waals surface area (Å²) in [4.78, 5) is 12.1. The van der Waals surface area contributed by atoms with Crippen LogP contribution in [0.3, 0.4) is 0 Å². The largest absolute Gasteiger partial charge is 0.507 e. The van der Waals surface area contributed by atoms with Crippen LogP contribution in [-0.4, -0.2) is 10.9 Å². The Labute approximate surface area is 99.5 Å². The average molecular weight is 227 g/mol. The van der Waals surface area contributed by atoms with E-state index in [4.69, 9.17) is 5.73 Å². The molecule has 0 bridgehead atoms. The molecule has 0 spiro atoms. The third-order valence-corrected chi connectivity index (χ3v) is 2.75. The minimum absolute atomic E-state index is 0.0427. The summed E-state index contributed by atoms with van der Waals surface area (Å²) in [6, 6.07) is 12.0. The predicted octanol–water partition coefficient (Wildman–Crippen LogP) is 2.51. The van der Waals surface area contributed by atoms with E-state index in [-0.39, 0.29) is 17.1 Å². The molecule has 0 aliphatic carbocycles. The number of carbonyl (C=O) groups excluding carboxylic acids is 1. The van der Waals surface area contributed by atoms with Crippen molar-refractivity contribution in [1.29, 1.82) is 0 Å². The summed E-state index contributed by atoms with van der Waals surface area (Å²) in [5, 5.41) is 9.91. The standard InChI is InChI=1S/C14H13NO2/c1-9-12(15)8-7-11(13(9)16)14(17)10-5-3-2-4-6-10/h2-8,16H,15H2,1H3. The number of nitrogens with two attached hydrogens (primary N) is 1. The van der Waals surface area contributed by atoms with E-state index >= 15 is 0 Å². The molecule has 3 nitrogen and oxygen atoms in total. The first-order chi connectivity index (χ1) is 8.11. The molecule has 0 aromatic heterocycles. The minimum Gasteiger partial charge on any atom is -0.507 e. The lowest BCUT2D eigenvalue weighted by molar-refractivity contribution is 0.103. The van der Waals surface area contributed by atoms with Crippen LogP contribution in [0.4, 0.5) is 5.69 Å². The lowest BCUT2D eigenvalue weighted by Gasteiger charge is -2.08. The maximum Gasteiger partial charge on any atom is 0.196 e. The van der Waals surface area contributed by atoms with Crippen LogP contribution in [0.15, 0.2) is 42.5 Å². The maximum absolute atomic E-state index is 12.1. The van der Waals surface area contributed by atoms with Crippen molar-refractivity contribution in [3.63, 3.8) is 0 Å². The van der Waals surface area contributed by atoms with Gasteiger partial charge in [-0.25, -0.2) is 0 Å². The average Bonchev–Trinajstić information content (AvgIpc) is 2.36. The number of ketones is 1. The van der Waals surface area contributed by atoms with Crippen LogP contribution in [0.25, 0.3) is 0 Å². The number of aromatic hydroxyl groups is 1. The fraction of sp³-hybridized carbons (Fsp3) is 0.0714. The van der Waals surface area contributed by atoms with Gasteiger partial charge in [-0.05, 0) is 19.1 Å². The molecular weight excluding hydrogens is 214 g/mol. The number of hydrogen-bond acceptors (Lipinski definition) is 3. The Balaban J connectivity index is 2.49. The zero-order valence-corrected chi connectivity index (χ0v) is 9.47. The van der Waals surface area contributed by atoms with Gasteiger partial charge in [0.15, 0.2) is 5.78 Å². The fourth-order valence-electron chi connectivity index (χ4n) is 1.64. The Morgan fingerprint density at radius 2 is 1.76 bits per heavy atom. The first-order valence-electron chi connectivity index (χ1n) is 5.29. The molecule has 2 aromatic carbocycles. The Morgan fingerprint density at radius 3 is 2.41 bits per heavy atom. The molecule has 17 heavy (non-hydrogen) atoms. The molecule has 0 radical (unpaired) electrons. The summed E-state index contributed by atoms with van der Waals surface area (Å²) in [7, 11) is 0. The van der Waals surface area contributed by atoms with E-state index in [9.17, 15) is 9.90 Å². The molecule has 0 saturated carbocycles. The summed E-state index contributed by atoms with van der Waals surface area (Å²) < 4.78 is 0. The van der Waals surface area contributed by atoms with Crippen molar-refractivity contribution in [2.75, 3.05) is 5.73 Å². The van der Waals surface area contributed by atoms with Crippen LogP contribution in [0, 0.1) is 6.92 Å². The molecule has 0 fully saturated rings. The van der Waals surface area contributed by atoms with Crippen LogP contribution >= 0.6 is 0 Å². The van der Waals surface area contributed by atoms with Crippen molar-refractivity contribution in [1.82, 2.24) is 0 Å². The van der Waals surface area contributed by atoms with Gasteiger partial charge in [0.1, 0.15) is 5.75 Å². The maximum atomic E-state index is 12.1. The third-order valence-electron chi connectivity index (χ3n) is 2.75. The first kappa shape index (κ1) is 11.2. The van der Waals surface area contributed by atoms with E-state index in [1.54, 1.807) is 43.3 Å². The smallest absolute Gasteiger partial charge is 0.196 e. The zero-order chi connectivity index (χ0) is 12.4. The van der Waals surface area contributed by atoms with Gasteiger partial charge in [-0.15, -0.1) is 0 Å². The number of benzene rings is 2. The van der Waals surface area contributed by atoms with Gasteiger partial charge in [0.05, 0.1) is 5.56 Å². The van der Waals surface area contributed by atoms with Crippen molar-refractivity contribution in [2.45, 2.75) is 6.92 Å². The second-order valence-corrected chi connectivity index (χ2v) is 3.87. The summed E-state index contributed by atoms with van der Waals surface area (Å²) in [5.74, 6) is -0.245. The van der Waals surface area contributed by atoms with E-state index in [1.807, 2.05) is 6.07 Å². The van der Waals surface area contributed by atoms with Crippen molar-refractivity contribution in [3.8, 4) is 5.75 Å². The topological polar surface area (TPSA) is 63.3 Å². The third kappa shape index (κ3) is 1.99. The Bertz CT molecular complexity index is 562. The fourth-order valence-corrected chi connectivity index (χ4v) is 1.64. The highest BCUT2D eigenvalue weighted by atomic mass is 16.3. The molecule has 0 heterocycles. The summed E-state index contributed by atoms with van der Waals surface area (Å²) >= 11 is 0. The second kappa shape index (κ2) is 4.29. The van der Waals surface area contributed by atoms with Crippen molar-refractivity contribution >= 4 is 11.5 Å². The van der Waals surface area contributed by atoms with Crippen molar-refractivity contribution in [2.24, 2.45) is 0 Å². The van der Waals surface area contributed by atoms with Gasteiger partial charge >= 0.3 is 0 Å². The molecule has 0 aliphatic rings. The molecule has 3 N–H and O–H groups in total. The highest BCUT2D eigenvalue weighted by Crippen LogP contribution is 2.28. The Morgan fingerprint density at radius 1 is 1.12 bits per heavy atom. The quantitative estimate of drug-likeness (QED) is 0.612. The molecule has 0 amide bonds. The number of carbonyl (C=O) groups is 1. The van der Waals surface area contributed by atoms with Crippen molar-refractivity contribution in [3.05, 3.63) is 59.2 Å². The number of phenolic OH excluding ortho intramolecular Hbond substituents is 1. The highest BCUT2D eigenvalue weighted by Gasteiger charge is 2.15. The summed E-state index contributed by atoms with van der Waals surface area (Å²) in [6.07, 6.45) is 0. The van der Waals surface area contributed by atoms with Gasteiger partial charge in [0, 0.05) is 16.8 Å². The zero-order valence-electron chi connectivity index (χ0n) is 9.47. The minimum atomic E-state index is -0.203. The number of rotatable bonds is 2. The summed E-state index contributed by atoms with van der Waals surface area (Å²) in [5.41, 5.74) is 7.50. The number of phenols is 1. The Kier molecular flexibility index (Phi) is 2.83. The lowest BCUT2D eigenvalue weighted by atomic mass is 9.99. The second-order valence-electron chi connectivity index (χ2n) is 3.87. The first-order valence-corrected chi connectivity index (χ1v) is 5.29. The van der Waals surface area contributed by atoms with Crippen LogP contribution < -0.4 is 5.73 Å². The van der Waals surface area contributed by atoms with Crippen LogP contribution in [0.5, 0.6) is 5.75 Å². The predicted molar refractivity (Wildman–Crippen MR) is 67.1 cm³/mol. The van der Waals surface area contributed by atoms with E-state index in [2.05, 4.69) is 0 Å². The SMILES string of the molecule is Cc1c(N)ccc(C(=O)c2ccccc2)c1O. The molecular formula is C14H13NO2. The monoisotopic (exact) mass is 227 g/mol. The molecule has 0 atom stereocenters. The molecule has 0 unspecified atom stereocenters. The lowest BCUT2D eigenvalue weighted by Crippen LogP contribution is -2.03. The van der Waals surface area contributed by atoms with Crippen LogP contribution in [0.1, 0.15) is 21.5 Å². The molecule has 0 aliphatic heterocycles. The van der Waals surface area contributed by atoms with Gasteiger partial charge < -0.3 is 10.8 Å². The highest BCUT2D eigenvalue weighted by molar-refractivity contribution is 6.11. The number of nitrogen functional groups attached to an aromatic ring is 1. The van der Waals surface area contributed by atoms with E-state index < -0.39 is 0 Å². The van der Waals surface area contributed by atoms with Gasteiger partial charge in [-0.2, -0.15) is 0 Å². The van der Waals surface area contributed by atoms with Crippen LogP contribution in [0.2, 0.25) is 0 Å². The normalized spacial score (nSPS) is 10.2. The van der Waals surface area contributed by atoms with Gasteiger partial charge in [-0.1, -0.05) is 30.3 Å². The van der Waals surface area contributed by atoms with Crippen molar-refractivity contribution < 1.29 is 9.90 Å². The van der Waals surface area contributed by atoms with Gasteiger partial charge in [0.2, 0.25) is 0 Å². The number of hydrogen-bond donors (Lipinski definition) is 2. The van der Waals surface area contributed by atoms with E-state index in [0.29, 0.717) is 16.8 Å². The number of anilines is 1. The molecule has 2 rings (SSSR count). The molecule has 2 aromatic rings. The van der Waals surface area contributed by atoms with E-state index in [0.717, 1.165) is 0 Å². The Hall–Kier alpha value is -2.29. The van der Waals surface area contributed by atoms with Crippen LogP contribution in [-0.2, 0) is 0 Å². The molecule has 0 saturated heterocycles. The molecule has 86 valence electrons. The summed E-state index contributed by atoms with van der Waals surface area (Å²) in [6.45, 7) is 1.69. The van der Waals surface area contributed by atoms with E-state index in [1.165, 1.54) is 0 Å². The van der Waals surface area contributed by atoms with Gasteiger partial charge in [0.25, 0.3) is 0 Å². The van der Waals surface area contributed by atoms with Gasteiger partial charge in [-0.3, -0.25) is 4.79 Å².